The van der Waals surface area contributed by atoms with Gasteiger partial charge in [-0.3, -0.25) is 18.8 Å². The van der Waals surface area contributed by atoms with Crippen LogP contribution in [0.5, 0.6) is 0 Å². The smallest absolute Gasteiger partial charge is 0.870 e. The molecule has 0 unspecified atom stereocenters. The number of allylic oxidation sites excluding steroid dienone is 4. The molecule has 0 amide bonds. The summed E-state index contributed by atoms with van der Waals surface area (Å²) in [5, 5.41) is 74.2. The fourth-order valence-corrected chi connectivity index (χ4v) is 0.854. The van der Waals surface area contributed by atoms with E-state index in [1.165, 1.54) is 120 Å². The first-order valence-corrected chi connectivity index (χ1v) is 40.1. The Morgan fingerprint density at radius 2 is 0.597 bits per heavy atom. The molecule has 0 bridgehead atoms. The van der Waals surface area contributed by atoms with Crippen LogP contribution in [0.15, 0.2) is 28.6 Å². The molecule has 0 aromatic heterocycles. The third-order valence-corrected chi connectivity index (χ3v) is 4.82. The van der Waals surface area contributed by atoms with Crippen LogP contribution in [0.4, 0.5) is 13.2 Å². The second-order valence-corrected chi connectivity index (χ2v) is 19.1. The molecule has 0 aromatic rings. The van der Waals surface area contributed by atoms with E-state index >= 15 is 0 Å². The minimum absolute atomic E-state index is 0. The molecule has 0 aliphatic carbocycles. The van der Waals surface area contributed by atoms with Crippen LogP contribution in [0.1, 0.15) is 397 Å². The Bertz CT molecular complexity index is 1400. The number of aliphatic hydroxyl groups excluding tert-OH is 1. The Balaban J connectivity index is -0.0000000159. The van der Waals surface area contributed by atoms with Crippen molar-refractivity contribution in [3.8, 4) is 36.5 Å². The molecule has 0 aromatic carbocycles. The minimum Gasteiger partial charge on any atom is -0.870 e. The first kappa shape index (κ1) is 253. The van der Waals surface area contributed by atoms with Crippen molar-refractivity contribution in [1.82, 2.24) is 0 Å². The normalized spacial score (nSPS) is 6.56. The number of carbonyl (C=O) groups excluding carboxylic acids is 4. The van der Waals surface area contributed by atoms with E-state index in [1.54, 1.807) is 76.3 Å². The fraction of sp³-hybridized carbons (Fsp3) is 0.805. The summed E-state index contributed by atoms with van der Waals surface area (Å²) in [6.45, 7) is 91.4. The molecule has 8 N–H and O–H groups in total. The second-order valence-electron chi connectivity index (χ2n) is 18.3. The maximum Gasteiger partial charge on any atom is 1.00 e. The van der Waals surface area contributed by atoms with Gasteiger partial charge in [-0.15, -0.1) is 41.8 Å². The van der Waals surface area contributed by atoms with Gasteiger partial charge in [0.15, 0.2) is 5.05 Å². The number of thiol groups is 1. The molecule has 0 fully saturated rings. The first-order valence-electron chi connectivity index (χ1n) is 39.3. The minimum atomic E-state index is -2.96. The summed E-state index contributed by atoms with van der Waals surface area (Å²) >= 11 is 7.67. The number of carboxylic acid groups (broad SMARTS) is 1. The van der Waals surface area contributed by atoms with Crippen LogP contribution in [-0.2, 0) is 63.3 Å². The molecule has 32 heteroatoms. The topological polar surface area (TPSA) is 352 Å². The largest absolute Gasteiger partial charge is 1.00 e. The molecule has 0 spiro atoms. The SMILES string of the molecule is C#CC.C#CC(C)(C)O.CB(O)O.CB(O)O.CC.CC.CC.CC.CC.CC.CC.CC.CC.CC#CC.CC(=O)O.CC(C)(C)[O-].CC(C)(C)[O-].CC=CC.CC=CC.CC=O.CC=O.CCC.CCCC.CCCCC.CCCCCC.CF.CO.COC(C)(F)F.COC(C)=O.COC(C)=O.COC(C)=S.[B]=NS.[CH3-].[K+].[K+].[Na+].[OH-].[Pd]. The summed E-state index contributed by atoms with van der Waals surface area (Å²) in [5.74, 6) is 8.45. The molecule has 0 rings (SSSR count). The van der Waals surface area contributed by atoms with E-state index in [1.807, 2.05) is 190 Å². The van der Waals surface area contributed by atoms with Gasteiger partial charge in [0, 0.05) is 69.3 Å². The van der Waals surface area contributed by atoms with Crippen molar-refractivity contribution in [2.45, 2.75) is 433 Å². The zero-order valence-electron chi connectivity index (χ0n) is 90.2. The van der Waals surface area contributed by atoms with Crippen LogP contribution >= 0.6 is 25.0 Å². The van der Waals surface area contributed by atoms with Crippen molar-refractivity contribution in [2.75, 3.05) is 42.7 Å². The number of nitrogens with zero attached hydrogens (tertiary/aromatic N) is 1. The van der Waals surface area contributed by atoms with Crippen molar-refractivity contribution in [2.24, 2.45) is 4.30 Å². The fourth-order valence-electron chi connectivity index (χ4n) is 0.854. The number of rotatable bonds is 7. The standard InChI is InChI=1S/C6H14.C5H8O.C5H12.2C4H9O.C4H10.2C4H8.C4H6.C3H6F2O.2C3H6O2.C3H6OS.C3H8.C3H4.C2H4O2.2C2H4O.9C2H6.2CH5BO2.CH3F.CH4O.CH3.BHNS.2K.Na.H2O.Pd/c1-3-5-6-4-2;1-4-5(2,3)6;1-3-5-4-2;2*1-4(2,3)5;4*1-3-4-2;1-3(4,5)6-2;2*1-3(4)5-2;1-3(5)4-2;2*1-3-2;1-2(3)4;2*1-2-3;9*1-2;2*1-2(3)4;2*1-2;;1-2-3;;;;;/h3-6H2,1-2H3;1,6H,2-3H3;3-5H2,1-2H3;2*1-3H3;3-4H2,1-2H3;2*3-4H,1-2H3;1-2H3;1-2H3;3*1-2H3;3H2,1-2H3;1H,2H3;1H3,(H,3,4);2*2H,1H3;9*1-2H3;2*3-4H,1H3;1H3;2H,1H3;1H3;3H;;;;1H2;/q;;;2*-1;;;;;;;;;;;;;;;;;;;;;;;;;;;-1;;3*+1;;/p-1. The quantitative estimate of drug-likeness (QED) is 0.0135. The number of terminal acetylenes is 2. The Labute approximate surface area is 880 Å². The maximum absolute atomic E-state index is 11.2. The van der Waals surface area contributed by atoms with Crippen molar-refractivity contribution < 1.29 is 260 Å². The molecule has 1 radical (unpaired) electrons. The molecule has 0 saturated heterocycles. The van der Waals surface area contributed by atoms with E-state index in [9.17, 15) is 33.0 Å². The van der Waals surface area contributed by atoms with Gasteiger partial charge in [0.1, 0.15) is 18.2 Å². The molecular weight excluding hydrogens is 1720 g/mol. The number of thiocarbonyl (C=S) groups is 1. The summed E-state index contributed by atoms with van der Waals surface area (Å²) < 4.78 is 51.0. The number of hydrogen-bond acceptors (Lipinski definition) is 21. The Kier molecular flexibility index (Phi) is 762. The molecular formula is C87H208B3F3K2NNaO19PdS2-. The van der Waals surface area contributed by atoms with Gasteiger partial charge < -0.3 is 87.1 Å². The van der Waals surface area contributed by atoms with Gasteiger partial charge in [-0.05, 0) is 102 Å². The van der Waals surface area contributed by atoms with Gasteiger partial charge in [-0.25, -0.2) is 0 Å². The van der Waals surface area contributed by atoms with Crippen molar-refractivity contribution in [3.63, 3.8) is 0 Å². The number of aliphatic hydroxyl groups is 2. The molecule has 731 valence electrons. The molecule has 20 nitrogen and oxygen atoms in total. The number of esters is 2. The number of unbranched alkanes of at least 4 members (excludes halogenated alkanes) is 6. The van der Waals surface area contributed by atoms with Gasteiger partial charge >= 0.3 is 189 Å². The number of carbonyl (C=O) groups is 5. The molecule has 0 aliphatic rings. The van der Waals surface area contributed by atoms with Crippen LogP contribution in [0.25, 0.3) is 0 Å². The van der Waals surface area contributed by atoms with E-state index in [0.29, 0.717) is 19.2 Å². The number of hydrogen-bond donors (Lipinski definition) is 8. The van der Waals surface area contributed by atoms with Crippen molar-refractivity contribution >= 4 is 82.4 Å². The maximum atomic E-state index is 11.2. The van der Waals surface area contributed by atoms with Crippen molar-refractivity contribution in [3.05, 3.63) is 31.7 Å². The summed E-state index contributed by atoms with van der Waals surface area (Å²) in [4.78, 5) is 45.8. The third kappa shape index (κ3) is 3490. The van der Waals surface area contributed by atoms with E-state index in [2.05, 4.69) is 141 Å². The average molecular weight is 1930 g/mol. The number of alkyl halides is 3. The van der Waals surface area contributed by atoms with Gasteiger partial charge in [0.2, 0.25) is 0 Å². The van der Waals surface area contributed by atoms with E-state index in [0.717, 1.165) is 33.7 Å². The molecule has 0 saturated carbocycles. The number of carboxylic acids is 1. The Morgan fingerprint density at radius 3 is 0.605 bits per heavy atom. The Hall–Kier alpha value is 0.470. The summed E-state index contributed by atoms with van der Waals surface area (Å²) in [5.41, 5.74) is -2.43. The van der Waals surface area contributed by atoms with Crippen LogP contribution < -0.4 is 143 Å². The van der Waals surface area contributed by atoms with Gasteiger partial charge in [-0.2, -0.15) is 8.78 Å². The first-order chi connectivity index (χ1) is 52.2. The van der Waals surface area contributed by atoms with Crippen molar-refractivity contribution in [1.29, 1.82) is 0 Å². The number of aliphatic carboxylic acids is 1. The zero-order chi connectivity index (χ0) is 101. The molecule has 0 aliphatic heterocycles. The second kappa shape index (κ2) is 359. The summed E-state index contributed by atoms with van der Waals surface area (Å²) in [7, 11) is 8.72. The zero-order valence-corrected chi connectivity index (χ0v) is 102. The predicted octanol–water partition coefficient (Wildman–Crippen LogP) is 15.7. The van der Waals surface area contributed by atoms with Crippen LogP contribution in [0.3, 0.4) is 0 Å². The molecule has 0 atom stereocenters. The predicted molar refractivity (Wildman–Crippen MR) is 521 cm³/mol. The molecule has 0 heterocycles. The number of aldehydes is 2. The molecule has 119 heavy (non-hydrogen) atoms. The number of methoxy groups -OCH3 is 4. The van der Waals surface area contributed by atoms with E-state index in [4.69, 9.17) is 56.2 Å². The van der Waals surface area contributed by atoms with Crippen LogP contribution in [0.2, 0.25) is 13.6 Å². The monoisotopic (exact) mass is 1930 g/mol. The average Bonchev–Trinajstić information content (AvgIpc) is 1.04. The van der Waals surface area contributed by atoms with E-state index < -0.39 is 43.1 Å². The van der Waals surface area contributed by atoms with Gasteiger partial charge in [0.25, 0.3) is 5.97 Å². The third-order valence-electron chi connectivity index (χ3n) is 4.65. The Morgan fingerprint density at radius 1 is 0.513 bits per heavy atom. The van der Waals surface area contributed by atoms with Gasteiger partial charge in [0.05, 0.1) is 28.5 Å². The van der Waals surface area contributed by atoms with Crippen LogP contribution in [-0.4, -0.2) is 164 Å². The summed E-state index contributed by atoms with van der Waals surface area (Å²) in [6, 6.07) is 0. The number of ether oxygens (including phenoxy) is 4. The van der Waals surface area contributed by atoms with Crippen LogP contribution in [0, 0.1) is 44.0 Å². The number of halogens is 3. The van der Waals surface area contributed by atoms with Gasteiger partial charge in [-0.1, -0.05) is 316 Å². The summed E-state index contributed by atoms with van der Waals surface area (Å²) in [6.07, 6.45) is 29.4. The van der Waals surface area contributed by atoms with E-state index in [-0.39, 0.29) is 178 Å².